The maximum atomic E-state index is 5.86. The van der Waals surface area contributed by atoms with Gasteiger partial charge in [-0.3, -0.25) is 4.98 Å². The first-order valence-electron chi connectivity index (χ1n) is 8.61. The van der Waals surface area contributed by atoms with Gasteiger partial charge in [-0.1, -0.05) is 12.1 Å². The fourth-order valence-electron chi connectivity index (χ4n) is 2.48. The fourth-order valence-corrected chi connectivity index (χ4v) is 2.48. The summed E-state index contributed by atoms with van der Waals surface area (Å²) in [5.74, 6) is 2.97. The number of nitrogens with zero attached hydrogens (tertiary/aromatic N) is 3. The van der Waals surface area contributed by atoms with Gasteiger partial charge in [-0.25, -0.2) is 9.97 Å². The molecule has 0 aliphatic carbocycles. The third-order valence-electron chi connectivity index (χ3n) is 3.57. The van der Waals surface area contributed by atoms with Crippen LogP contribution in [-0.4, -0.2) is 21.1 Å². The molecule has 6 nitrogen and oxygen atoms in total. The Morgan fingerprint density at radius 2 is 1.73 bits per heavy atom. The van der Waals surface area contributed by atoms with Crippen LogP contribution in [0.25, 0.3) is 0 Å². The Bertz CT molecular complexity index is 852. The van der Waals surface area contributed by atoms with Gasteiger partial charge in [-0.05, 0) is 50.6 Å². The Morgan fingerprint density at radius 3 is 2.50 bits per heavy atom. The molecule has 26 heavy (non-hydrogen) atoms. The molecule has 0 bridgehead atoms. The number of nitrogens with one attached hydrogen (secondary N) is 2. The number of aromatic nitrogens is 3. The molecule has 1 aromatic carbocycles. The highest BCUT2D eigenvalue weighted by atomic mass is 16.5. The maximum Gasteiger partial charge on any atom is 0.143 e. The maximum absolute atomic E-state index is 5.86. The first-order chi connectivity index (χ1) is 12.6. The van der Waals surface area contributed by atoms with Crippen molar-refractivity contribution in [2.24, 2.45) is 0 Å². The number of hydrogen-bond donors (Lipinski definition) is 2. The minimum absolute atomic E-state index is 0.0997. The van der Waals surface area contributed by atoms with Crippen LogP contribution in [-0.2, 0) is 6.54 Å². The van der Waals surface area contributed by atoms with Crippen LogP contribution in [0.2, 0.25) is 0 Å². The lowest BCUT2D eigenvalue weighted by molar-refractivity contribution is 0.244. The van der Waals surface area contributed by atoms with Gasteiger partial charge in [0, 0.05) is 25.0 Å². The second-order valence-electron chi connectivity index (χ2n) is 6.18. The van der Waals surface area contributed by atoms with Crippen LogP contribution in [0, 0.1) is 6.92 Å². The molecule has 3 aromatic rings. The Labute approximate surface area is 153 Å². The van der Waals surface area contributed by atoms with Crippen molar-refractivity contribution in [1.82, 2.24) is 15.0 Å². The monoisotopic (exact) mass is 349 g/mol. The van der Waals surface area contributed by atoms with Crippen molar-refractivity contribution < 1.29 is 4.74 Å². The van der Waals surface area contributed by atoms with E-state index in [1.54, 1.807) is 12.4 Å². The molecule has 0 amide bonds. The lowest BCUT2D eigenvalue weighted by Gasteiger charge is -2.16. The number of pyridine rings is 1. The molecular weight excluding hydrogens is 326 g/mol. The predicted molar refractivity (Wildman–Crippen MR) is 104 cm³/mol. The topological polar surface area (TPSA) is 72.0 Å². The third kappa shape index (κ3) is 4.92. The van der Waals surface area contributed by atoms with Crippen molar-refractivity contribution in [2.75, 3.05) is 10.6 Å². The highest BCUT2D eigenvalue weighted by Crippen LogP contribution is 2.28. The standard InChI is InChI=1S/C20H23N5O/c1-14(2)26-18-7-5-4-6-17(18)25-20-12-19(23-15(3)24-20)22-13-16-8-10-21-11-9-16/h4-12,14H,13H2,1-3H3,(H2,22,23,24,25). The van der Waals surface area contributed by atoms with Gasteiger partial charge >= 0.3 is 0 Å². The summed E-state index contributed by atoms with van der Waals surface area (Å²) < 4.78 is 5.86. The number of benzene rings is 1. The molecule has 0 saturated heterocycles. The average Bonchev–Trinajstić information content (AvgIpc) is 2.62. The van der Waals surface area contributed by atoms with E-state index in [-0.39, 0.29) is 6.10 Å². The largest absolute Gasteiger partial charge is 0.489 e. The van der Waals surface area contributed by atoms with E-state index in [0.717, 1.165) is 28.6 Å². The molecule has 0 atom stereocenters. The molecule has 2 heterocycles. The van der Waals surface area contributed by atoms with Gasteiger partial charge in [0.25, 0.3) is 0 Å². The highest BCUT2D eigenvalue weighted by Gasteiger charge is 2.08. The van der Waals surface area contributed by atoms with Crippen LogP contribution in [0.4, 0.5) is 17.3 Å². The Kier molecular flexibility index (Phi) is 5.63. The van der Waals surface area contributed by atoms with E-state index in [2.05, 4.69) is 25.6 Å². The van der Waals surface area contributed by atoms with Gasteiger partial charge in [-0.2, -0.15) is 0 Å². The van der Waals surface area contributed by atoms with Gasteiger partial charge in [0.05, 0.1) is 11.8 Å². The molecule has 0 fully saturated rings. The molecule has 0 saturated carbocycles. The zero-order valence-electron chi connectivity index (χ0n) is 15.2. The summed E-state index contributed by atoms with van der Waals surface area (Å²) in [6.07, 6.45) is 3.66. The molecular formula is C20H23N5O. The summed E-state index contributed by atoms with van der Waals surface area (Å²) in [5.41, 5.74) is 2.01. The summed E-state index contributed by atoms with van der Waals surface area (Å²) in [5, 5.41) is 6.66. The minimum atomic E-state index is 0.0997. The lowest BCUT2D eigenvalue weighted by atomic mass is 10.2. The molecule has 0 aliphatic heterocycles. The Hall–Kier alpha value is -3.15. The van der Waals surface area contributed by atoms with Crippen molar-refractivity contribution >= 4 is 17.3 Å². The number of para-hydroxylation sites is 2. The number of anilines is 3. The van der Waals surface area contributed by atoms with E-state index in [1.807, 2.05) is 63.2 Å². The van der Waals surface area contributed by atoms with Gasteiger partial charge in [-0.15, -0.1) is 0 Å². The number of aryl methyl sites for hydroxylation is 1. The van der Waals surface area contributed by atoms with Crippen LogP contribution in [0.15, 0.2) is 54.9 Å². The van der Waals surface area contributed by atoms with Crippen molar-refractivity contribution in [3.05, 3.63) is 66.2 Å². The first-order valence-corrected chi connectivity index (χ1v) is 8.61. The summed E-state index contributed by atoms with van der Waals surface area (Å²) in [4.78, 5) is 13.0. The second-order valence-corrected chi connectivity index (χ2v) is 6.18. The van der Waals surface area contributed by atoms with Gasteiger partial charge in [0.1, 0.15) is 23.2 Å². The summed E-state index contributed by atoms with van der Waals surface area (Å²) in [6.45, 7) is 6.56. The average molecular weight is 349 g/mol. The molecule has 0 spiro atoms. The van der Waals surface area contributed by atoms with E-state index >= 15 is 0 Å². The Morgan fingerprint density at radius 1 is 1.00 bits per heavy atom. The molecule has 2 aromatic heterocycles. The SMILES string of the molecule is Cc1nc(NCc2ccncc2)cc(Nc2ccccc2OC(C)C)n1. The van der Waals surface area contributed by atoms with Crippen LogP contribution < -0.4 is 15.4 Å². The molecule has 0 unspecified atom stereocenters. The molecule has 0 aliphatic rings. The third-order valence-corrected chi connectivity index (χ3v) is 3.57. The second kappa shape index (κ2) is 8.29. The summed E-state index contributed by atoms with van der Waals surface area (Å²) in [6, 6.07) is 13.7. The summed E-state index contributed by atoms with van der Waals surface area (Å²) in [7, 11) is 0. The van der Waals surface area contributed by atoms with Gasteiger partial charge in [0.2, 0.25) is 0 Å². The van der Waals surface area contributed by atoms with E-state index in [9.17, 15) is 0 Å². The zero-order valence-corrected chi connectivity index (χ0v) is 15.2. The van der Waals surface area contributed by atoms with Crippen molar-refractivity contribution in [3.8, 4) is 5.75 Å². The van der Waals surface area contributed by atoms with E-state index in [0.29, 0.717) is 12.4 Å². The van der Waals surface area contributed by atoms with Crippen LogP contribution in [0.1, 0.15) is 25.2 Å². The molecule has 0 radical (unpaired) electrons. The van der Waals surface area contributed by atoms with Crippen molar-refractivity contribution in [3.63, 3.8) is 0 Å². The van der Waals surface area contributed by atoms with Gasteiger partial charge < -0.3 is 15.4 Å². The predicted octanol–water partition coefficient (Wildman–Crippen LogP) is 4.32. The van der Waals surface area contributed by atoms with E-state index in [1.165, 1.54) is 0 Å². The van der Waals surface area contributed by atoms with Crippen LogP contribution in [0.3, 0.4) is 0 Å². The number of hydrogen-bond acceptors (Lipinski definition) is 6. The highest BCUT2D eigenvalue weighted by molar-refractivity contribution is 5.65. The molecule has 2 N–H and O–H groups in total. The zero-order chi connectivity index (χ0) is 18.4. The summed E-state index contributed by atoms with van der Waals surface area (Å²) >= 11 is 0. The smallest absolute Gasteiger partial charge is 0.143 e. The van der Waals surface area contributed by atoms with Crippen molar-refractivity contribution in [2.45, 2.75) is 33.4 Å². The van der Waals surface area contributed by atoms with Crippen LogP contribution >= 0.6 is 0 Å². The number of ether oxygens (including phenoxy) is 1. The van der Waals surface area contributed by atoms with Gasteiger partial charge in [0.15, 0.2) is 0 Å². The molecule has 6 heteroatoms. The minimum Gasteiger partial charge on any atom is -0.489 e. The first kappa shape index (κ1) is 17.7. The number of rotatable bonds is 7. The molecule has 134 valence electrons. The van der Waals surface area contributed by atoms with E-state index < -0.39 is 0 Å². The normalized spacial score (nSPS) is 10.6. The van der Waals surface area contributed by atoms with Crippen molar-refractivity contribution in [1.29, 1.82) is 0 Å². The van der Waals surface area contributed by atoms with Crippen LogP contribution in [0.5, 0.6) is 5.75 Å². The fraction of sp³-hybridized carbons (Fsp3) is 0.250. The Balaban J connectivity index is 1.76. The van der Waals surface area contributed by atoms with E-state index in [4.69, 9.17) is 4.74 Å². The quantitative estimate of drug-likeness (QED) is 0.662. The lowest BCUT2D eigenvalue weighted by Crippen LogP contribution is -2.08. The molecule has 3 rings (SSSR count).